The summed E-state index contributed by atoms with van der Waals surface area (Å²) in [6.07, 6.45) is 3.62. The molecule has 0 bridgehead atoms. The molecule has 0 saturated carbocycles. The first kappa shape index (κ1) is 14.8. The van der Waals surface area contributed by atoms with Gasteiger partial charge in [-0.2, -0.15) is 0 Å². The van der Waals surface area contributed by atoms with Crippen molar-refractivity contribution in [3.05, 3.63) is 60.9 Å². The lowest BCUT2D eigenvalue weighted by atomic mass is 10.2. The van der Waals surface area contributed by atoms with E-state index in [4.69, 9.17) is 9.72 Å². The minimum absolute atomic E-state index is 0.769. The Morgan fingerprint density at radius 1 is 0.750 bits per heavy atom. The van der Waals surface area contributed by atoms with E-state index in [0.29, 0.717) is 0 Å². The van der Waals surface area contributed by atoms with Crippen molar-refractivity contribution in [2.45, 2.75) is 0 Å². The molecule has 3 aromatic heterocycles. The smallest absolute Gasteiger partial charge is 0.0907 e. The number of rotatable bonds is 3. The third-order valence-corrected chi connectivity index (χ3v) is 4.06. The topological polar surface area (TPSA) is 51.1 Å². The predicted octanol–water partition coefficient (Wildman–Crippen LogP) is 3.04. The summed E-state index contributed by atoms with van der Waals surface area (Å²) in [6, 6.07) is 15.9. The van der Waals surface area contributed by atoms with Crippen LogP contribution in [-0.2, 0) is 4.74 Å². The van der Waals surface area contributed by atoms with Gasteiger partial charge in [-0.3, -0.25) is 9.97 Å². The fraction of sp³-hybridized carbons (Fsp3) is 0.211. The van der Waals surface area contributed by atoms with Crippen LogP contribution in [0.3, 0.4) is 0 Å². The van der Waals surface area contributed by atoms with Crippen LogP contribution in [0.4, 0.5) is 5.69 Å². The van der Waals surface area contributed by atoms with Gasteiger partial charge in [-0.25, -0.2) is 4.98 Å². The van der Waals surface area contributed by atoms with Crippen LogP contribution in [0, 0.1) is 0 Å². The zero-order valence-electron chi connectivity index (χ0n) is 13.3. The SMILES string of the molecule is c1ccc(-c2cccc(-c3cc(N4CCOCC4)ccn3)n2)nc1. The number of hydrogen-bond acceptors (Lipinski definition) is 5. The highest BCUT2D eigenvalue weighted by atomic mass is 16.5. The fourth-order valence-corrected chi connectivity index (χ4v) is 2.81. The first-order chi connectivity index (χ1) is 11.9. The van der Waals surface area contributed by atoms with Crippen molar-refractivity contribution in [2.24, 2.45) is 0 Å². The highest BCUT2D eigenvalue weighted by Crippen LogP contribution is 2.24. The molecule has 1 fully saturated rings. The van der Waals surface area contributed by atoms with Crippen molar-refractivity contribution < 1.29 is 4.74 Å². The molecule has 5 heteroatoms. The van der Waals surface area contributed by atoms with Crippen molar-refractivity contribution in [1.82, 2.24) is 15.0 Å². The Morgan fingerprint density at radius 2 is 1.50 bits per heavy atom. The molecule has 3 aromatic rings. The minimum atomic E-state index is 0.769. The van der Waals surface area contributed by atoms with Gasteiger partial charge >= 0.3 is 0 Å². The molecular formula is C19H18N4O. The van der Waals surface area contributed by atoms with Crippen LogP contribution in [0.25, 0.3) is 22.8 Å². The third-order valence-electron chi connectivity index (χ3n) is 4.06. The maximum atomic E-state index is 5.42. The Kier molecular flexibility index (Phi) is 4.16. The Balaban J connectivity index is 1.66. The lowest BCUT2D eigenvalue weighted by molar-refractivity contribution is 0.122. The van der Waals surface area contributed by atoms with Gasteiger partial charge in [-0.05, 0) is 36.4 Å². The number of pyridine rings is 3. The molecule has 0 amide bonds. The standard InChI is InChI=1S/C19H18N4O/c1-2-8-20-16(4-1)17-5-3-6-18(22-17)19-14-15(7-9-21-19)23-10-12-24-13-11-23/h1-9,14H,10-13H2. The summed E-state index contributed by atoms with van der Waals surface area (Å²) >= 11 is 0. The quantitative estimate of drug-likeness (QED) is 0.743. The Labute approximate surface area is 141 Å². The van der Waals surface area contributed by atoms with Gasteiger partial charge in [-0.15, -0.1) is 0 Å². The van der Waals surface area contributed by atoms with E-state index in [-0.39, 0.29) is 0 Å². The van der Waals surface area contributed by atoms with Gasteiger partial charge in [0, 0.05) is 31.2 Å². The second-order valence-electron chi connectivity index (χ2n) is 5.62. The summed E-state index contributed by atoms with van der Waals surface area (Å²) in [5.74, 6) is 0. The van der Waals surface area contributed by atoms with Gasteiger partial charge in [0.25, 0.3) is 0 Å². The molecule has 120 valence electrons. The molecule has 1 aliphatic rings. The number of morpholine rings is 1. The van der Waals surface area contributed by atoms with Gasteiger partial charge in [0.05, 0.1) is 36.0 Å². The molecule has 4 heterocycles. The first-order valence-electron chi connectivity index (χ1n) is 8.08. The Hall–Kier alpha value is -2.79. The van der Waals surface area contributed by atoms with Crippen LogP contribution < -0.4 is 4.90 Å². The molecule has 1 saturated heterocycles. The highest BCUT2D eigenvalue weighted by Gasteiger charge is 2.13. The van der Waals surface area contributed by atoms with Crippen LogP contribution in [0.2, 0.25) is 0 Å². The predicted molar refractivity (Wildman–Crippen MR) is 93.7 cm³/mol. The summed E-state index contributed by atoms with van der Waals surface area (Å²) in [6.45, 7) is 3.35. The Morgan fingerprint density at radius 3 is 2.29 bits per heavy atom. The number of hydrogen-bond donors (Lipinski definition) is 0. The highest BCUT2D eigenvalue weighted by molar-refractivity contribution is 5.65. The molecular weight excluding hydrogens is 300 g/mol. The summed E-state index contributed by atoms with van der Waals surface area (Å²) in [5, 5.41) is 0. The molecule has 24 heavy (non-hydrogen) atoms. The van der Waals surface area contributed by atoms with E-state index in [1.54, 1.807) is 6.20 Å². The van der Waals surface area contributed by atoms with Crippen LogP contribution >= 0.6 is 0 Å². The Bertz CT molecular complexity index is 816. The van der Waals surface area contributed by atoms with E-state index >= 15 is 0 Å². The van der Waals surface area contributed by atoms with Crippen molar-refractivity contribution in [1.29, 1.82) is 0 Å². The second kappa shape index (κ2) is 6.76. The maximum Gasteiger partial charge on any atom is 0.0907 e. The fourth-order valence-electron chi connectivity index (χ4n) is 2.81. The van der Waals surface area contributed by atoms with Gasteiger partial charge in [0.2, 0.25) is 0 Å². The molecule has 0 aromatic carbocycles. The monoisotopic (exact) mass is 318 g/mol. The van der Waals surface area contributed by atoms with Gasteiger partial charge in [-0.1, -0.05) is 12.1 Å². The van der Waals surface area contributed by atoms with Crippen LogP contribution in [0.1, 0.15) is 0 Å². The summed E-state index contributed by atoms with van der Waals surface area (Å²) in [7, 11) is 0. The molecule has 0 unspecified atom stereocenters. The van der Waals surface area contributed by atoms with Crippen molar-refractivity contribution >= 4 is 5.69 Å². The third kappa shape index (κ3) is 3.12. The zero-order chi connectivity index (χ0) is 16.2. The van der Waals surface area contributed by atoms with Crippen LogP contribution in [-0.4, -0.2) is 41.3 Å². The zero-order valence-corrected chi connectivity index (χ0v) is 13.3. The van der Waals surface area contributed by atoms with E-state index in [2.05, 4.69) is 20.9 Å². The summed E-state index contributed by atoms with van der Waals surface area (Å²) in [4.78, 5) is 15.9. The maximum absolute atomic E-state index is 5.42. The summed E-state index contributed by atoms with van der Waals surface area (Å²) in [5.41, 5.74) is 4.61. The molecule has 1 aliphatic heterocycles. The van der Waals surface area contributed by atoms with E-state index in [1.807, 2.05) is 48.7 Å². The van der Waals surface area contributed by atoms with Crippen molar-refractivity contribution in [3.8, 4) is 22.8 Å². The minimum Gasteiger partial charge on any atom is -0.378 e. The van der Waals surface area contributed by atoms with Gasteiger partial charge in [0.15, 0.2) is 0 Å². The largest absolute Gasteiger partial charge is 0.378 e. The average molecular weight is 318 g/mol. The van der Waals surface area contributed by atoms with Gasteiger partial charge in [0.1, 0.15) is 0 Å². The average Bonchev–Trinajstić information content (AvgIpc) is 2.70. The lowest BCUT2D eigenvalue weighted by Gasteiger charge is -2.28. The lowest BCUT2D eigenvalue weighted by Crippen LogP contribution is -2.36. The number of nitrogens with zero attached hydrogens (tertiary/aromatic N) is 4. The van der Waals surface area contributed by atoms with E-state index < -0.39 is 0 Å². The molecule has 0 radical (unpaired) electrons. The normalized spacial score (nSPS) is 14.6. The molecule has 0 atom stereocenters. The van der Waals surface area contributed by atoms with Crippen LogP contribution in [0.15, 0.2) is 60.9 Å². The molecule has 0 N–H and O–H groups in total. The summed E-state index contributed by atoms with van der Waals surface area (Å²) < 4.78 is 5.42. The first-order valence-corrected chi connectivity index (χ1v) is 8.08. The van der Waals surface area contributed by atoms with E-state index in [9.17, 15) is 0 Å². The molecule has 4 rings (SSSR count). The number of ether oxygens (including phenoxy) is 1. The molecule has 5 nitrogen and oxygen atoms in total. The van der Waals surface area contributed by atoms with Crippen molar-refractivity contribution in [2.75, 3.05) is 31.2 Å². The second-order valence-corrected chi connectivity index (χ2v) is 5.62. The molecule has 0 spiro atoms. The van der Waals surface area contributed by atoms with E-state index in [1.165, 1.54) is 0 Å². The number of aromatic nitrogens is 3. The van der Waals surface area contributed by atoms with Gasteiger partial charge < -0.3 is 9.64 Å². The number of anilines is 1. The van der Waals surface area contributed by atoms with E-state index in [0.717, 1.165) is 54.8 Å². The van der Waals surface area contributed by atoms with Crippen molar-refractivity contribution in [3.63, 3.8) is 0 Å². The molecule has 0 aliphatic carbocycles. The van der Waals surface area contributed by atoms with Crippen LogP contribution in [0.5, 0.6) is 0 Å².